The summed E-state index contributed by atoms with van der Waals surface area (Å²) in [4.78, 5) is 16.6. The maximum absolute atomic E-state index is 12.0. The summed E-state index contributed by atoms with van der Waals surface area (Å²) in [6, 6.07) is 10.5. The van der Waals surface area contributed by atoms with Gasteiger partial charge in [-0.15, -0.1) is 0 Å². The van der Waals surface area contributed by atoms with E-state index in [1.807, 2.05) is 29.8 Å². The van der Waals surface area contributed by atoms with Gasteiger partial charge < -0.3 is 9.72 Å². The van der Waals surface area contributed by atoms with E-state index in [9.17, 15) is 4.79 Å². The van der Waals surface area contributed by atoms with Gasteiger partial charge in [0.1, 0.15) is 5.65 Å². The highest BCUT2D eigenvalue weighted by molar-refractivity contribution is 9.10. The maximum atomic E-state index is 12.0. The molecule has 3 aromatic rings. The summed E-state index contributed by atoms with van der Waals surface area (Å²) >= 11 is 3.49. The van der Waals surface area contributed by atoms with E-state index in [-0.39, 0.29) is 5.91 Å². The first-order valence-electron chi connectivity index (χ1n) is 8.47. The molecular formula is C20H22BrN3O. The van der Waals surface area contributed by atoms with E-state index < -0.39 is 0 Å². The average Bonchev–Trinajstić information content (AvgIpc) is 2.98. The van der Waals surface area contributed by atoms with Gasteiger partial charge in [-0.05, 0) is 59.8 Å². The van der Waals surface area contributed by atoms with E-state index in [1.165, 1.54) is 11.1 Å². The van der Waals surface area contributed by atoms with Crippen LogP contribution in [0, 0.1) is 13.8 Å². The molecule has 0 fully saturated rings. The molecule has 0 atom stereocenters. The smallest absolute Gasteiger partial charge is 0.220 e. The third kappa shape index (κ3) is 4.69. The highest BCUT2D eigenvalue weighted by Gasteiger charge is 2.07. The quantitative estimate of drug-likeness (QED) is 0.669. The molecule has 0 bridgehead atoms. The minimum Gasteiger partial charge on any atom is -0.350 e. The van der Waals surface area contributed by atoms with E-state index in [0.717, 1.165) is 34.2 Å². The molecule has 0 aliphatic rings. The first kappa shape index (κ1) is 17.7. The molecule has 0 saturated heterocycles. The fraction of sp³-hybridized carbons (Fsp3) is 0.300. The molecule has 0 spiro atoms. The van der Waals surface area contributed by atoms with Gasteiger partial charge in [-0.2, -0.15) is 0 Å². The molecule has 5 heteroatoms. The van der Waals surface area contributed by atoms with Gasteiger partial charge in [-0.3, -0.25) is 4.79 Å². The predicted octanol–water partition coefficient (Wildman–Crippen LogP) is 4.35. The number of aromatic nitrogens is 2. The maximum Gasteiger partial charge on any atom is 0.220 e. The Hall–Kier alpha value is -2.14. The summed E-state index contributed by atoms with van der Waals surface area (Å²) < 4.78 is 3.00. The van der Waals surface area contributed by atoms with Crippen molar-refractivity contribution in [2.45, 2.75) is 39.7 Å². The molecule has 2 heterocycles. The lowest BCUT2D eigenvalue weighted by Crippen LogP contribution is -2.22. The fourth-order valence-corrected chi connectivity index (χ4v) is 3.41. The van der Waals surface area contributed by atoms with Gasteiger partial charge in [0.05, 0.1) is 12.2 Å². The Morgan fingerprint density at radius 1 is 1.20 bits per heavy atom. The third-order valence-corrected chi connectivity index (χ3v) is 4.64. The third-order valence-electron chi connectivity index (χ3n) is 4.21. The molecule has 0 aliphatic heterocycles. The summed E-state index contributed by atoms with van der Waals surface area (Å²) in [5.41, 5.74) is 5.43. The van der Waals surface area contributed by atoms with Crippen molar-refractivity contribution >= 4 is 27.5 Å². The van der Waals surface area contributed by atoms with Crippen molar-refractivity contribution in [2.24, 2.45) is 0 Å². The Kier molecular flexibility index (Phi) is 5.53. The van der Waals surface area contributed by atoms with Crippen LogP contribution in [-0.4, -0.2) is 15.3 Å². The summed E-state index contributed by atoms with van der Waals surface area (Å²) in [6.07, 6.45) is 6.25. The van der Waals surface area contributed by atoms with Crippen molar-refractivity contribution < 1.29 is 4.79 Å². The van der Waals surface area contributed by atoms with Crippen LogP contribution in [0.1, 0.15) is 35.2 Å². The first-order chi connectivity index (χ1) is 12.0. The van der Waals surface area contributed by atoms with Crippen LogP contribution in [0.4, 0.5) is 0 Å². The zero-order chi connectivity index (χ0) is 17.8. The van der Waals surface area contributed by atoms with Crippen LogP contribution in [0.3, 0.4) is 0 Å². The van der Waals surface area contributed by atoms with Crippen molar-refractivity contribution in [1.29, 1.82) is 0 Å². The monoisotopic (exact) mass is 399 g/mol. The molecule has 1 N–H and O–H groups in total. The van der Waals surface area contributed by atoms with Crippen molar-refractivity contribution in [3.8, 4) is 0 Å². The Morgan fingerprint density at radius 2 is 1.96 bits per heavy atom. The van der Waals surface area contributed by atoms with Gasteiger partial charge in [-0.25, -0.2) is 4.98 Å². The number of benzene rings is 1. The number of hydrogen-bond acceptors (Lipinski definition) is 2. The SMILES string of the molecule is Cc1ccc(CCCC(=O)NCc2cn3cc(Br)cc(C)c3n2)cc1. The number of pyridine rings is 1. The van der Waals surface area contributed by atoms with Crippen LogP contribution >= 0.6 is 15.9 Å². The normalized spacial score (nSPS) is 11.0. The number of aryl methyl sites for hydroxylation is 3. The standard InChI is InChI=1S/C20H22BrN3O/c1-14-6-8-16(9-7-14)4-3-5-19(25)22-11-18-13-24-12-17(21)10-15(2)20(24)23-18/h6-10,12-13H,3-5,11H2,1-2H3,(H,22,25). The van der Waals surface area contributed by atoms with Crippen LogP contribution < -0.4 is 5.32 Å². The highest BCUT2D eigenvalue weighted by atomic mass is 79.9. The Labute approximate surface area is 156 Å². The molecule has 1 aromatic carbocycles. The van der Waals surface area contributed by atoms with Crippen molar-refractivity contribution in [3.63, 3.8) is 0 Å². The van der Waals surface area contributed by atoms with E-state index in [4.69, 9.17) is 0 Å². The van der Waals surface area contributed by atoms with Gasteiger partial charge in [-0.1, -0.05) is 29.8 Å². The Morgan fingerprint density at radius 3 is 2.72 bits per heavy atom. The molecule has 25 heavy (non-hydrogen) atoms. The minimum absolute atomic E-state index is 0.0714. The van der Waals surface area contributed by atoms with E-state index in [2.05, 4.69) is 57.4 Å². The average molecular weight is 400 g/mol. The van der Waals surface area contributed by atoms with Crippen molar-refractivity contribution in [2.75, 3.05) is 0 Å². The van der Waals surface area contributed by atoms with Crippen molar-refractivity contribution in [3.05, 3.63) is 69.6 Å². The van der Waals surface area contributed by atoms with E-state index in [1.54, 1.807) is 0 Å². The number of rotatable bonds is 6. The second-order valence-corrected chi connectivity index (χ2v) is 7.34. The molecule has 2 aromatic heterocycles. The van der Waals surface area contributed by atoms with Crippen LogP contribution in [-0.2, 0) is 17.8 Å². The molecule has 1 amide bonds. The zero-order valence-electron chi connectivity index (χ0n) is 14.6. The van der Waals surface area contributed by atoms with Crippen molar-refractivity contribution in [1.82, 2.24) is 14.7 Å². The Bertz CT molecular complexity index is 884. The second kappa shape index (κ2) is 7.83. The molecule has 0 radical (unpaired) electrons. The molecule has 0 saturated carbocycles. The van der Waals surface area contributed by atoms with E-state index >= 15 is 0 Å². The largest absolute Gasteiger partial charge is 0.350 e. The topological polar surface area (TPSA) is 46.4 Å². The number of carbonyl (C=O) groups is 1. The number of halogens is 1. The summed E-state index contributed by atoms with van der Waals surface area (Å²) in [5, 5.41) is 2.96. The highest BCUT2D eigenvalue weighted by Crippen LogP contribution is 2.17. The lowest BCUT2D eigenvalue weighted by atomic mass is 10.1. The number of nitrogens with one attached hydrogen (secondary N) is 1. The first-order valence-corrected chi connectivity index (χ1v) is 9.26. The summed E-state index contributed by atoms with van der Waals surface area (Å²) in [6.45, 7) is 4.57. The molecule has 0 aliphatic carbocycles. The van der Waals surface area contributed by atoms with Gasteiger partial charge in [0.25, 0.3) is 0 Å². The number of nitrogens with zero attached hydrogens (tertiary/aromatic N) is 2. The van der Waals surface area contributed by atoms with Gasteiger partial charge >= 0.3 is 0 Å². The summed E-state index contributed by atoms with van der Waals surface area (Å²) in [5.74, 6) is 0.0714. The number of fused-ring (bicyclic) bond motifs is 1. The molecule has 4 nitrogen and oxygen atoms in total. The van der Waals surface area contributed by atoms with Crippen LogP contribution in [0.25, 0.3) is 5.65 Å². The summed E-state index contributed by atoms with van der Waals surface area (Å²) in [7, 11) is 0. The molecule has 3 rings (SSSR count). The van der Waals surface area contributed by atoms with Crippen LogP contribution in [0.15, 0.2) is 47.2 Å². The van der Waals surface area contributed by atoms with Gasteiger partial charge in [0.15, 0.2) is 0 Å². The number of carbonyl (C=O) groups excluding carboxylic acids is 1. The van der Waals surface area contributed by atoms with Crippen LogP contribution in [0.5, 0.6) is 0 Å². The minimum atomic E-state index is 0.0714. The second-order valence-electron chi connectivity index (χ2n) is 6.42. The van der Waals surface area contributed by atoms with Crippen LogP contribution in [0.2, 0.25) is 0 Å². The van der Waals surface area contributed by atoms with Gasteiger partial charge in [0.2, 0.25) is 5.91 Å². The number of amides is 1. The lowest BCUT2D eigenvalue weighted by molar-refractivity contribution is -0.121. The Balaban J connectivity index is 1.49. The fourth-order valence-electron chi connectivity index (χ4n) is 2.85. The molecular weight excluding hydrogens is 378 g/mol. The van der Waals surface area contributed by atoms with E-state index in [0.29, 0.717) is 13.0 Å². The number of imidazole rings is 1. The zero-order valence-corrected chi connectivity index (χ0v) is 16.1. The lowest BCUT2D eigenvalue weighted by Gasteiger charge is -2.04. The molecule has 130 valence electrons. The van der Waals surface area contributed by atoms with Gasteiger partial charge in [0, 0.05) is 23.3 Å². The predicted molar refractivity (Wildman–Crippen MR) is 104 cm³/mol. The molecule has 0 unspecified atom stereocenters. The number of hydrogen-bond donors (Lipinski definition) is 1.